The molecule has 0 spiro atoms. The minimum absolute atomic E-state index is 0.370. The van der Waals surface area contributed by atoms with Crippen molar-refractivity contribution < 1.29 is 0 Å². The monoisotopic (exact) mass is 502 g/mol. The number of fused-ring (bicyclic) bond motifs is 6. The molecule has 0 saturated carbocycles. The maximum atomic E-state index is 3.70. The Kier molecular flexibility index (Phi) is 3.53. The maximum absolute atomic E-state index is 3.70. The summed E-state index contributed by atoms with van der Waals surface area (Å²) < 4.78 is 7.12. The van der Waals surface area contributed by atoms with Gasteiger partial charge in [-0.05, 0) is 0 Å². The van der Waals surface area contributed by atoms with Crippen molar-refractivity contribution in [3.63, 3.8) is 0 Å². The molecule has 0 bridgehead atoms. The molecule has 0 unspecified atom stereocenters. The van der Waals surface area contributed by atoms with Crippen LogP contribution in [-0.4, -0.2) is 29.0 Å². The predicted molar refractivity (Wildman–Crippen MR) is 111 cm³/mol. The average Bonchev–Trinajstić information content (AvgIpc) is 3.11. The summed E-state index contributed by atoms with van der Waals surface area (Å²) in [6.07, 6.45) is 0. The van der Waals surface area contributed by atoms with E-state index in [1.165, 1.54) is 38.6 Å². The molecular weight excluding hydrogens is 490 g/mol. The van der Waals surface area contributed by atoms with Gasteiger partial charge >= 0.3 is 161 Å². The summed E-state index contributed by atoms with van der Waals surface area (Å²) in [5.41, 5.74) is 1.10. The van der Waals surface area contributed by atoms with Crippen LogP contribution in [0.3, 0.4) is 0 Å². The molecule has 0 radical (unpaired) electrons. The number of rotatable bonds is 0. The summed E-state index contributed by atoms with van der Waals surface area (Å²) in [6.45, 7) is 1.89. The van der Waals surface area contributed by atoms with E-state index in [-0.39, 0.29) is 0 Å². The third-order valence-corrected chi connectivity index (χ3v) is 9.69. The second-order valence-corrected chi connectivity index (χ2v) is 11.2. The van der Waals surface area contributed by atoms with Crippen LogP contribution in [0.2, 0.25) is 0 Å². The zero-order valence-electron chi connectivity index (χ0n) is 12.8. The van der Waals surface area contributed by atoms with Gasteiger partial charge in [0, 0.05) is 0 Å². The van der Waals surface area contributed by atoms with Crippen LogP contribution in [0.15, 0.2) is 53.0 Å². The molecule has 0 nitrogen and oxygen atoms in total. The van der Waals surface area contributed by atoms with Crippen molar-refractivity contribution in [1.82, 2.24) is 0 Å². The molecule has 3 heteroatoms. The predicted octanol–water partition coefficient (Wildman–Crippen LogP) is 5.55. The average molecular weight is 501 g/mol. The van der Waals surface area contributed by atoms with Gasteiger partial charge in [0.25, 0.3) is 0 Å². The van der Waals surface area contributed by atoms with E-state index >= 15 is 0 Å². The molecule has 3 aromatic carbocycles. The summed E-state index contributed by atoms with van der Waals surface area (Å²) in [4.78, 5) is 0. The SMILES string of the molecule is CC#Cc1cc2[se]c3cc4c(cc3c2cc1Br)[se]c1ccccc14. The van der Waals surface area contributed by atoms with Crippen molar-refractivity contribution >= 4 is 83.5 Å². The molecule has 0 atom stereocenters. The van der Waals surface area contributed by atoms with Crippen molar-refractivity contribution in [2.75, 3.05) is 0 Å². The van der Waals surface area contributed by atoms with Crippen LogP contribution in [0.25, 0.3) is 38.6 Å². The fourth-order valence-corrected chi connectivity index (χ4v) is 8.46. The summed E-state index contributed by atoms with van der Waals surface area (Å²) in [5, 5.41) is 5.75. The molecule has 24 heavy (non-hydrogen) atoms. The molecule has 0 N–H and O–H groups in total. The fourth-order valence-electron chi connectivity index (χ4n) is 3.24. The molecule has 114 valence electrons. The second kappa shape index (κ2) is 5.63. The Hall–Kier alpha value is -1.26. The van der Waals surface area contributed by atoms with Crippen LogP contribution >= 0.6 is 15.9 Å². The quantitative estimate of drug-likeness (QED) is 0.193. The number of hydrogen-bond acceptors (Lipinski definition) is 0. The van der Waals surface area contributed by atoms with E-state index in [9.17, 15) is 0 Å². The van der Waals surface area contributed by atoms with Crippen LogP contribution in [0.5, 0.6) is 0 Å². The first-order valence-corrected chi connectivity index (χ1v) is 11.9. The van der Waals surface area contributed by atoms with Crippen molar-refractivity contribution in [2.24, 2.45) is 0 Å². The van der Waals surface area contributed by atoms with Gasteiger partial charge in [-0.25, -0.2) is 0 Å². The van der Waals surface area contributed by atoms with Gasteiger partial charge < -0.3 is 0 Å². The second-order valence-electron chi connectivity index (χ2n) is 5.75. The van der Waals surface area contributed by atoms with Crippen LogP contribution in [-0.2, 0) is 0 Å². The Bertz CT molecular complexity index is 1330. The van der Waals surface area contributed by atoms with E-state index in [0.717, 1.165) is 10.0 Å². The van der Waals surface area contributed by atoms with Gasteiger partial charge in [0.05, 0.1) is 0 Å². The van der Waals surface area contributed by atoms with Crippen molar-refractivity contribution in [1.29, 1.82) is 0 Å². The Labute approximate surface area is 160 Å². The molecule has 0 aliphatic rings. The van der Waals surface area contributed by atoms with Crippen molar-refractivity contribution in [2.45, 2.75) is 6.92 Å². The fraction of sp³-hybridized carbons (Fsp3) is 0.0476. The van der Waals surface area contributed by atoms with Gasteiger partial charge in [0.2, 0.25) is 0 Å². The van der Waals surface area contributed by atoms with E-state index in [1.807, 2.05) is 6.92 Å². The molecule has 0 saturated heterocycles. The van der Waals surface area contributed by atoms with Gasteiger partial charge in [-0.1, -0.05) is 0 Å². The van der Waals surface area contributed by atoms with Gasteiger partial charge in [0.15, 0.2) is 0 Å². The summed E-state index contributed by atoms with van der Waals surface area (Å²) in [5.74, 6) is 6.22. The van der Waals surface area contributed by atoms with Crippen LogP contribution in [0.1, 0.15) is 12.5 Å². The number of hydrogen-bond donors (Lipinski definition) is 0. The minimum atomic E-state index is 0.370. The zero-order valence-corrected chi connectivity index (χ0v) is 17.8. The third kappa shape index (κ3) is 2.19. The first-order chi connectivity index (χ1) is 11.7. The molecule has 5 aromatic rings. The van der Waals surface area contributed by atoms with Crippen LogP contribution < -0.4 is 0 Å². The first-order valence-electron chi connectivity index (χ1n) is 7.64. The van der Waals surface area contributed by atoms with Crippen LogP contribution in [0.4, 0.5) is 0 Å². The zero-order chi connectivity index (χ0) is 16.3. The number of benzene rings is 3. The summed E-state index contributed by atoms with van der Waals surface area (Å²) in [7, 11) is 0. The van der Waals surface area contributed by atoms with E-state index < -0.39 is 0 Å². The van der Waals surface area contributed by atoms with E-state index in [2.05, 4.69) is 76.3 Å². The molecule has 0 aliphatic carbocycles. The Morgan fingerprint density at radius 1 is 0.750 bits per heavy atom. The van der Waals surface area contributed by atoms with Gasteiger partial charge in [-0.2, -0.15) is 0 Å². The Morgan fingerprint density at radius 3 is 2.17 bits per heavy atom. The Balaban J connectivity index is 1.92. The molecular formula is C21H11BrSe2. The van der Waals surface area contributed by atoms with E-state index in [4.69, 9.17) is 0 Å². The van der Waals surface area contributed by atoms with E-state index in [1.54, 1.807) is 0 Å². The van der Waals surface area contributed by atoms with E-state index in [0.29, 0.717) is 29.0 Å². The molecule has 0 aliphatic heterocycles. The molecule has 0 amide bonds. The van der Waals surface area contributed by atoms with Gasteiger partial charge in [0.1, 0.15) is 0 Å². The molecule has 2 heterocycles. The topological polar surface area (TPSA) is 0 Å². The van der Waals surface area contributed by atoms with Gasteiger partial charge in [-0.3, -0.25) is 0 Å². The normalized spacial score (nSPS) is 11.4. The van der Waals surface area contributed by atoms with Gasteiger partial charge in [-0.15, -0.1) is 0 Å². The van der Waals surface area contributed by atoms with Crippen molar-refractivity contribution in [3.8, 4) is 11.8 Å². The Morgan fingerprint density at radius 2 is 1.38 bits per heavy atom. The molecule has 2 aromatic heterocycles. The number of halogens is 1. The summed E-state index contributed by atoms with van der Waals surface area (Å²) >= 11 is 4.50. The van der Waals surface area contributed by atoms with Crippen molar-refractivity contribution in [3.05, 3.63) is 58.6 Å². The standard InChI is InChI=1S/C21H11BrSe2/c1-2-5-12-8-19-14(9-17(12)22)16-11-20-15(10-21(16)24-19)13-6-3-4-7-18(13)23-20/h3-4,6-11H,1H3. The third-order valence-electron chi connectivity index (χ3n) is 4.32. The molecule has 0 fully saturated rings. The summed E-state index contributed by atoms with van der Waals surface area (Å²) in [6, 6.07) is 18.3. The molecule has 5 rings (SSSR count). The first kappa shape index (κ1) is 15.0. The van der Waals surface area contributed by atoms with Crippen LogP contribution in [0, 0.1) is 11.8 Å².